The van der Waals surface area contributed by atoms with Crippen LogP contribution in [0, 0.1) is 0 Å². The number of hydrogen-bond acceptors (Lipinski definition) is 7. The Balaban J connectivity index is 1.53. The van der Waals surface area contributed by atoms with E-state index < -0.39 is 10.3 Å². The zero-order valence-corrected chi connectivity index (χ0v) is 15.7. The van der Waals surface area contributed by atoms with Gasteiger partial charge in [0.1, 0.15) is 18.1 Å². The fourth-order valence-electron chi connectivity index (χ4n) is 3.13. The molecular weight excluding hydrogens is 382 g/mol. The van der Waals surface area contributed by atoms with E-state index in [0.29, 0.717) is 29.7 Å². The van der Waals surface area contributed by atoms with Crippen LogP contribution >= 0.6 is 0 Å². The monoisotopic (exact) mass is 401 g/mol. The first kappa shape index (κ1) is 18.7. The molecule has 1 fully saturated rings. The molecule has 0 bridgehead atoms. The number of hydrogen-bond donors (Lipinski definition) is 1. The second kappa shape index (κ2) is 7.76. The van der Waals surface area contributed by atoms with E-state index in [4.69, 9.17) is 9.88 Å². The van der Waals surface area contributed by atoms with Gasteiger partial charge in [0.05, 0.1) is 24.7 Å². The summed E-state index contributed by atoms with van der Waals surface area (Å²) in [6.45, 7) is -0.109. The highest BCUT2D eigenvalue weighted by Crippen LogP contribution is 2.31. The van der Waals surface area contributed by atoms with Gasteiger partial charge in [-0.3, -0.25) is 8.75 Å². The summed E-state index contributed by atoms with van der Waals surface area (Å²) >= 11 is 0. The van der Waals surface area contributed by atoms with Gasteiger partial charge < -0.3 is 4.74 Å². The smallest absolute Gasteiger partial charge is 0.333 e. The van der Waals surface area contributed by atoms with Crippen molar-refractivity contribution in [3.8, 4) is 0 Å². The molecule has 4 rings (SSSR count). The van der Waals surface area contributed by atoms with Gasteiger partial charge in [-0.2, -0.15) is 8.42 Å². The Morgan fingerprint density at radius 1 is 1.18 bits per heavy atom. The number of imidazole rings is 1. The maximum Gasteiger partial charge on any atom is 0.333 e. The van der Waals surface area contributed by atoms with Gasteiger partial charge in [0, 0.05) is 0 Å². The molecule has 1 aliphatic heterocycles. The average Bonchev–Trinajstić information content (AvgIpc) is 3.32. The van der Waals surface area contributed by atoms with Crippen LogP contribution in [-0.2, 0) is 19.2 Å². The van der Waals surface area contributed by atoms with Gasteiger partial charge in [0.25, 0.3) is 0 Å². The van der Waals surface area contributed by atoms with Crippen LogP contribution < -0.4 is 5.14 Å². The molecule has 0 spiro atoms. The van der Waals surface area contributed by atoms with Crippen molar-refractivity contribution in [3.63, 3.8) is 0 Å². The van der Waals surface area contributed by atoms with E-state index in [1.807, 2.05) is 47.1 Å². The van der Waals surface area contributed by atoms with Gasteiger partial charge >= 0.3 is 10.3 Å². The van der Waals surface area contributed by atoms with Gasteiger partial charge in [-0.05, 0) is 24.5 Å². The number of aromatic nitrogens is 4. The Hall–Kier alpha value is -2.66. The van der Waals surface area contributed by atoms with E-state index in [0.717, 1.165) is 5.56 Å². The summed E-state index contributed by atoms with van der Waals surface area (Å²) in [5, 5.41) is 4.86. The quantitative estimate of drug-likeness (QED) is 0.669. The van der Waals surface area contributed by atoms with E-state index in [2.05, 4.69) is 19.1 Å². The summed E-state index contributed by atoms with van der Waals surface area (Å²) in [6.07, 6.45) is 7.67. The predicted molar refractivity (Wildman–Crippen MR) is 103 cm³/mol. The normalized spacial score (nSPS) is 20.3. The van der Waals surface area contributed by atoms with Crippen molar-refractivity contribution < 1.29 is 17.3 Å². The zero-order chi connectivity index (χ0) is 19.6. The van der Waals surface area contributed by atoms with Crippen molar-refractivity contribution >= 4 is 33.6 Å². The van der Waals surface area contributed by atoms with Crippen LogP contribution in [0.25, 0.3) is 23.3 Å². The minimum absolute atomic E-state index is 0.109. The van der Waals surface area contributed by atoms with Crippen LogP contribution in [0.2, 0.25) is 0 Å². The molecule has 0 unspecified atom stereocenters. The molecule has 2 aromatic heterocycles. The number of nitrogens with two attached hydrogens (primary N) is 1. The Bertz CT molecular complexity index is 1100. The first-order valence-electron chi connectivity index (χ1n) is 8.73. The van der Waals surface area contributed by atoms with Crippen molar-refractivity contribution in [2.45, 2.75) is 25.2 Å². The molecule has 0 aliphatic carbocycles. The maximum absolute atomic E-state index is 10.9. The molecule has 1 aliphatic rings. The molecule has 1 saturated heterocycles. The third-order valence-electron chi connectivity index (χ3n) is 4.43. The molecule has 1 aromatic carbocycles. The van der Waals surface area contributed by atoms with E-state index in [-0.39, 0.29) is 18.9 Å². The molecule has 146 valence electrons. The van der Waals surface area contributed by atoms with Crippen molar-refractivity contribution in [1.82, 2.24) is 19.5 Å². The second-order valence-electron chi connectivity index (χ2n) is 6.39. The summed E-state index contributed by atoms with van der Waals surface area (Å²) in [7, 11) is -3.98. The number of benzene rings is 1. The summed E-state index contributed by atoms with van der Waals surface area (Å²) in [6, 6.07) is 9.91. The molecule has 9 nitrogen and oxygen atoms in total. The van der Waals surface area contributed by atoms with Gasteiger partial charge in [0.15, 0.2) is 5.65 Å². The topological polar surface area (TPSA) is 122 Å². The SMILES string of the molecule is NS(=O)(=O)OC[C@@H]1CC[C@H](n2cnc3c(/C=C/c4ccccc4)ncnc32)O1. The Labute approximate surface area is 162 Å². The first-order valence-corrected chi connectivity index (χ1v) is 10.2. The largest absolute Gasteiger partial charge is 0.352 e. The van der Waals surface area contributed by atoms with Crippen LogP contribution in [-0.4, -0.2) is 40.6 Å². The van der Waals surface area contributed by atoms with Crippen molar-refractivity contribution in [2.24, 2.45) is 5.14 Å². The Morgan fingerprint density at radius 2 is 2.00 bits per heavy atom. The number of nitrogens with zero attached hydrogens (tertiary/aromatic N) is 4. The molecular formula is C18H19N5O4S. The molecule has 10 heteroatoms. The fourth-order valence-corrected chi connectivity index (χ4v) is 3.47. The molecule has 0 radical (unpaired) electrons. The lowest BCUT2D eigenvalue weighted by atomic mass is 10.2. The first-order chi connectivity index (χ1) is 13.5. The molecule has 2 N–H and O–H groups in total. The lowest BCUT2D eigenvalue weighted by Crippen LogP contribution is -2.23. The van der Waals surface area contributed by atoms with E-state index >= 15 is 0 Å². The van der Waals surface area contributed by atoms with Gasteiger partial charge in [0.2, 0.25) is 0 Å². The van der Waals surface area contributed by atoms with E-state index in [1.165, 1.54) is 6.33 Å². The third-order valence-corrected chi connectivity index (χ3v) is 4.90. The van der Waals surface area contributed by atoms with Crippen LogP contribution in [0.4, 0.5) is 0 Å². The number of fused-ring (bicyclic) bond motifs is 1. The maximum atomic E-state index is 10.9. The molecule has 3 heterocycles. The average molecular weight is 401 g/mol. The third kappa shape index (κ3) is 4.25. The standard InChI is InChI=1S/C18H19N5O4S/c19-28(24,25)26-10-14-7-9-16(27-14)23-12-22-17-15(20-11-21-18(17)23)8-6-13-4-2-1-3-5-13/h1-6,8,11-12,14,16H,7,9-10H2,(H2,19,24,25)/b8-6+/t14-,16+/m0/s1. The lowest BCUT2D eigenvalue weighted by molar-refractivity contribution is -0.0149. The van der Waals surface area contributed by atoms with Crippen molar-refractivity contribution in [3.05, 3.63) is 54.2 Å². The summed E-state index contributed by atoms with van der Waals surface area (Å²) in [5.74, 6) is 0. The molecule has 0 saturated carbocycles. The van der Waals surface area contributed by atoms with Crippen LogP contribution in [0.3, 0.4) is 0 Å². The van der Waals surface area contributed by atoms with Crippen LogP contribution in [0.15, 0.2) is 43.0 Å². The van der Waals surface area contributed by atoms with E-state index in [9.17, 15) is 8.42 Å². The minimum Gasteiger partial charge on any atom is -0.352 e. The fraction of sp³-hybridized carbons (Fsp3) is 0.278. The lowest BCUT2D eigenvalue weighted by Gasteiger charge is -2.14. The van der Waals surface area contributed by atoms with Gasteiger partial charge in [-0.15, -0.1) is 0 Å². The summed E-state index contributed by atoms with van der Waals surface area (Å²) in [5.41, 5.74) is 3.09. The molecule has 2 atom stereocenters. The summed E-state index contributed by atoms with van der Waals surface area (Å²) in [4.78, 5) is 13.1. The zero-order valence-electron chi connectivity index (χ0n) is 14.9. The highest BCUT2D eigenvalue weighted by Gasteiger charge is 2.29. The minimum atomic E-state index is -3.98. The Morgan fingerprint density at radius 3 is 2.79 bits per heavy atom. The van der Waals surface area contributed by atoms with Crippen molar-refractivity contribution in [1.29, 1.82) is 0 Å². The highest BCUT2D eigenvalue weighted by molar-refractivity contribution is 7.84. The highest BCUT2D eigenvalue weighted by atomic mass is 32.2. The molecule has 3 aromatic rings. The van der Waals surface area contributed by atoms with Gasteiger partial charge in [-0.25, -0.2) is 20.1 Å². The van der Waals surface area contributed by atoms with Gasteiger partial charge in [-0.1, -0.05) is 36.4 Å². The summed E-state index contributed by atoms with van der Waals surface area (Å²) < 4.78 is 34.2. The van der Waals surface area contributed by atoms with E-state index in [1.54, 1.807) is 6.33 Å². The second-order valence-corrected chi connectivity index (χ2v) is 7.62. The Kier molecular flexibility index (Phi) is 5.18. The molecule has 28 heavy (non-hydrogen) atoms. The van der Waals surface area contributed by atoms with Crippen LogP contribution in [0.5, 0.6) is 0 Å². The molecule has 0 amide bonds. The van der Waals surface area contributed by atoms with Crippen molar-refractivity contribution in [2.75, 3.05) is 6.61 Å². The van der Waals surface area contributed by atoms with Crippen LogP contribution in [0.1, 0.15) is 30.3 Å². The predicted octanol–water partition coefficient (Wildman–Crippen LogP) is 1.89. The number of ether oxygens (including phenoxy) is 1. The number of rotatable bonds is 6.